The van der Waals surface area contributed by atoms with Crippen molar-refractivity contribution >= 4 is 0 Å². The maximum Gasteiger partial charge on any atom is 0.121 e. The van der Waals surface area contributed by atoms with Crippen LogP contribution in [0.25, 0.3) is 0 Å². The summed E-state index contributed by atoms with van der Waals surface area (Å²) in [5, 5.41) is 20.3. The molecule has 1 aliphatic carbocycles. The molecule has 0 radical (unpaired) electrons. The predicted molar refractivity (Wildman–Crippen MR) is 108 cm³/mol. The molecule has 0 aliphatic heterocycles. The van der Waals surface area contributed by atoms with Crippen molar-refractivity contribution in [3.05, 3.63) is 58.1 Å². The molecule has 1 saturated carbocycles. The second-order valence-electron chi connectivity index (χ2n) is 9.40. The average molecular weight is 353 g/mol. The average Bonchev–Trinajstić information content (AvgIpc) is 2.52. The Kier molecular flexibility index (Phi) is 4.58. The van der Waals surface area contributed by atoms with Crippen LogP contribution in [0, 0.1) is 32.1 Å². The van der Waals surface area contributed by atoms with Gasteiger partial charge in [-0.3, -0.25) is 0 Å². The van der Waals surface area contributed by atoms with Crippen LogP contribution in [-0.4, -0.2) is 10.2 Å². The normalized spacial score (nSPS) is 25.2. The second-order valence-corrected chi connectivity index (χ2v) is 9.40. The fourth-order valence-electron chi connectivity index (χ4n) is 5.36. The molecule has 1 aliphatic rings. The van der Waals surface area contributed by atoms with E-state index in [1.165, 1.54) is 17.5 Å². The number of phenols is 2. The zero-order valence-electron chi connectivity index (χ0n) is 17.0. The van der Waals surface area contributed by atoms with E-state index < -0.39 is 0 Å². The lowest BCUT2D eigenvalue weighted by molar-refractivity contribution is 0.126. The van der Waals surface area contributed by atoms with Crippen molar-refractivity contribution in [3.8, 4) is 11.5 Å². The molecule has 1 fully saturated rings. The number of aromatic hydroxyl groups is 2. The molecule has 2 N–H and O–H groups in total. The number of benzene rings is 2. The molecule has 0 spiro atoms. The first kappa shape index (κ1) is 18.8. The highest BCUT2D eigenvalue weighted by Gasteiger charge is 2.45. The summed E-state index contributed by atoms with van der Waals surface area (Å²) >= 11 is 0. The van der Waals surface area contributed by atoms with Gasteiger partial charge in [0, 0.05) is 5.41 Å². The van der Waals surface area contributed by atoms with Gasteiger partial charge in [0.05, 0.1) is 0 Å². The molecule has 26 heavy (non-hydrogen) atoms. The molecule has 140 valence electrons. The Balaban J connectivity index is 2.27. The summed E-state index contributed by atoms with van der Waals surface area (Å²) in [5.74, 6) is 1.36. The first-order valence-corrected chi connectivity index (χ1v) is 9.65. The van der Waals surface area contributed by atoms with Crippen LogP contribution in [-0.2, 0) is 5.41 Å². The summed E-state index contributed by atoms with van der Waals surface area (Å²) in [7, 11) is 0. The van der Waals surface area contributed by atoms with Crippen LogP contribution < -0.4 is 0 Å². The van der Waals surface area contributed by atoms with Crippen molar-refractivity contribution in [1.82, 2.24) is 0 Å². The Morgan fingerprint density at radius 1 is 0.846 bits per heavy atom. The van der Waals surface area contributed by atoms with Gasteiger partial charge in [-0.15, -0.1) is 0 Å². The van der Waals surface area contributed by atoms with Crippen LogP contribution in [0.5, 0.6) is 11.5 Å². The quantitative estimate of drug-likeness (QED) is 0.680. The smallest absolute Gasteiger partial charge is 0.121 e. The van der Waals surface area contributed by atoms with Gasteiger partial charge < -0.3 is 10.2 Å². The van der Waals surface area contributed by atoms with Crippen molar-refractivity contribution < 1.29 is 10.2 Å². The summed E-state index contributed by atoms with van der Waals surface area (Å²) in [6.07, 6.45) is 3.38. The van der Waals surface area contributed by atoms with Gasteiger partial charge in [-0.2, -0.15) is 0 Å². The molecule has 0 amide bonds. The minimum Gasteiger partial charge on any atom is -0.508 e. The fourth-order valence-corrected chi connectivity index (χ4v) is 5.36. The van der Waals surface area contributed by atoms with Gasteiger partial charge in [0.1, 0.15) is 11.5 Å². The SMILES string of the molecule is Cc1cc(C2(c3cc(C)c(O)c(C)c3)CC(C)CC(C)(C)C2)ccc1O. The Morgan fingerprint density at radius 2 is 1.42 bits per heavy atom. The van der Waals surface area contributed by atoms with Gasteiger partial charge in [0.2, 0.25) is 0 Å². The molecule has 0 heterocycles. The summed E-state index contributed by atoms with van der Waals surface area (Å²) in [6.45, 7) is 13.0. The third-order valence-electron chi connectivity index (χ3n) is 6.17. The zero-order chi connectivity index (χ0) is 19.3. The summed E-state index contributed by atoms with van der Waals surface area (Å²) in [5.41, 5.74) is 5.50. The molecular weight excluding hydrogens is 320 g/mol. The first-order valence-electron chi connectivity index (χ1n) is 9.65. The van der Waals surface area contributed by atoms with E-state index in [4.69, 9.17) is 0 Å². The summed E-state index contributed by atoms with van der Waals surface area (Å²) < 4.78 is 0. The fraction of sp³-hybridized carbons (Fsp3) is 0.500. The molecule has 2 aromatic carbocycles. The van der Waals surface area contributed by atoms with Crippen molar-refractivity contribution in [1.29, 1.82) is 0 Å². The molecule has 2 heteroatoms. The van der Waals surface area contributed by atoms with Crippen LogP contribution in [0.2, 0.25) is 0 Å². The minimum absolute atomic E-state index is 0.0944. The molecule has 3 rings (SSSR count). The molecule has 0 aromatic heterocycles. The van der Waals surface area contributed by atoms with Crippen molar-refractivity contribution in [2.24, 2.45) is 11.3 Å². The highest BCUT2D eigenvalue weighted by molar-refractivity contribution is 5.51. The molecule has 0 bridgehead atoms. The van der Waals surface area contributed by atoms with Gasteiger partial charge in [-0.05, 0) is 85.3 Å². The molecular formula is C24H32O2. The largest absolute Gasteiger partial charge is 0.508 e. The van der Waals surface area contributed by atoms with E-state index in [-0.39, 0.29) is 10.8 Å². The van der Waals surface area contributed by atoms with Gasteiger partial charge >= 0.3 is 0 Å². The van der Waals surface area contributed by atoms with Gasteiger partial charge in [0.25, 0.3) is 0 Å². The minimum atomic E-state index is -0.0944. The number of rotatable bonds is 2. The van der Waals surface area contributed by atoms with E-state index >= 15 is 0 Å². The van der Waals surface area contributed by atoms with E-state index in [0.29, 0.717) is 17.4 Å². The molecule has 2 unspecified atom stereocenters. The lowest BCUT2D eigenvalue weighted by Crippen LogP contribution is -2.41. The highest BCUT2D eigenvalue weighted by atomic mass is 16.3. The van der Waals surface area contributed by atoms with Crippen LogP contribution >= 0.6 is 0 Å². The second kappa shape index (κ2) is 6.33. The summed E-state index contributed by atoms with van der Waals surface area (Å²) in [6, 6.07) is 10.4. The van der Waals surface area contributed by atoms with Gasteiger partial charge in [-0.25, -0.2) is 0 Å². The van der Waals surface area contributed by atoms with E-state index in [0.717, 1.165) is 29.5 Å². The predicted octanol–water partition coefficient (Wildman–Crippen LogP) is 6.16. The van der Waals surface area contributed by atoms with Gasteiger partial charge in [-0.1, -0.05) is 45.0 Å². The zero-order valence-corrected chi connectivity index (χ0v) is 17.0. The van der Waals surface area contributed by atoms with E-state index in [2.05, 4.69) is 45.0 Å². The third-order valence-corrected chi connectivity index (χ3v) is 6.17. The standard InChI is InChI=1S/C24H32O2/c1-15-12-23(5,6)14-24(13-15,19-7-8-21(25)16(2)9-19)20-10-17(3)22(26)18(4)11-20/h7-11,15,25-26H,12-14H2,1-6H3. The lowest BCUT2D eigenvalue weighted by atomic mass is 9.55. The summed E-state index contributed by atoms with van der Waals surface area (Å²) in [4.78, 5) is 0. The van der Waals surface area contributed by atoms with Crippen LogP contribution in [0.15, 0.2) is 30.3 Å². The number of hydrogen-bond acceptors (Lipinski definition) is 2. The first-order chi connectivity index (χ1) is 12.0. The Labute approximate surface area is 157 Å². The lowest BCUT2D eigenvalue weighted by Gasteiger charge is -2.49. The maximum absolute atomic E-state index is 10.3. The molecule has 2 aromatic rings. The van der Waals surface area contributed by atoms with Crippen molar-refractivity contribution in [2.45, 2.75) is 66.2 Å². The molecule has 0 saturated heterocycles. The maximum atomic E-state index is 10.3. The Hall–Kier alpha value is -1.96. The Morgan fingerprint density at radius 3 is 1.96 bits per heavy atom. The highest BCUT2D eigenvalue weighted by Crippen LogP contribution is 2.54. The number of phenolic OH excluding ortho intramolecular Hbond substituents is 2. The number of hydrogen-bond donors (Lipinski definition) is 2. The topological polar surface area (TPSA) is 40.5 Å². The van der Waals surface area contributed by atoms with Crippen molar-refractivity contribution in [2.75, 3.05) is 0 Å². The van der Waals surface area contributed by atoms with E-state index in [1.807, 2.05) is 26.8 Å². The van der Waals surface area contributed by atoms with E-state index in [1.54, 1.807) is 0 Å². The van der Waals surface area contributed by atoms with Crippen molar-refractivity contribution in [3.63, 3.8) is 0 Å². The van der Waals surface area contributed by atoms with Crippen LogP contribution in [0.4, 0.5) is 0 Å². The third kappa shape index (κ3) is 3.22. The Bertz CT molecular complexity index is 811. The molecule has 2 nitrogen and oxygen atoms in total. The van der Waals surface area contributed by atoms with E-state index in [9.17, 15) is 10.2 Å². The van der Waals surface area contributed by atoms with Gasteiger partial charge in [0.15, 0.2) is 0 Å². The molecule has 2 atom stereocenters. The van der Waals surface area contributed by atoms with Crippen LogP contribution in [0.3, 0.4) is 0 Å². The number of aryl methyl sites for hydroxylation is 3. The van der Waals surface area contributed by atoms with Crippen LogP contribution in [0.1, 0.15) is 67.9 Å². The monoisotopic (exact) mass is 352 g/mol.